The number of hydrogen-bond acceptors (Lipinski definition) is 5. The summed E-state index contributed by atoms with van der Waals surface area (Å²) >= 11 is 15.8. The third-order valence-electron chi connectivity index (χ3n) is 3.36. The number of para-hydroxylation sites is 2. The molecule has 5 nitrogen and oxygen atoms in total. The van der Waals surface area contributed by atoms with Crippen molar-refractivity contribution in [2.24, 2.45) is 0 Å². The van der Waals surface area contributed by atoms with Gasteiger partial charge in [0.25, 0.3) is 0 Å². The number of aryl methyl sites for hydroxylation is 1. The zero-order chi connectivity index (χ0) is 22.9. The van der Waals surface area contributed by atoms with Crippen LogP contribution in [0.15, 0.2) is 48.5 Å². The Hall–Kier alpha value is -0.490. The van der Waals surface area contributed by atoms with Gasteiger partial charge in [-0.3, -0.25) is 4.79 Å². The quantitative estimate of drug-likeness (QED) is 0.186. The van der Waals surface area contributed by atoms with Crippen LogP contribution in [0.25, 0.3) is 10.9 Å². The second-order valence-corrected chi connectivity index (χ2v) is 22.1. The first-order chi connectivity index (χ1) is 14.4. The number of nitriles is 1. The predicted octanol–water partition coefficient (Wildman–Crippen LogP) is 3.67. The maximum absolute atomic E-state index is 10.8. The number of alkyl halides is 2. The Morgan fingerprint density at radius 3 is 2.13 bits per heavy atom. The van der Waals surface area contributed by atoms with Gasteiger partial charge < -0.3 is 5.73 Å². The van der Waals surface area contributed by atoms with E-state index in [9.17, 15) is 4.79 Å². The van der Waals surface area contributed by atoms with Gasteiger partial charge in [-0.05, 0) is 32.0 Å². The molecule has 0 spiro atoms. The molecule has 3 aromatic rings. The Bertz CT molecular complexity index is 968. The molecule has 1 heterocycles. The average Bonchev–Trinajstić information content (AvgIpc) is 2.75. The van der Waals surface area contributed by atoms with E-state index >= 15 is 0 Å². The van der Waals surface area contributed by atoms with Crippen molar-refractivity contribution in [1.29, 1.82) is 5.26 Å². The topological polar surface area (TPSA) is 92.7 Å². The molecular weight excluding hydrogens is 764 g/mol. The molecule has 0 saturated heterocycles. The van der Waals surface area contributed by atoms with Gasteiger partial charge in [0.05, 0.1) is 17.5 Å². The van der Waals surface area contributed by atoms with Gasteiger partial charge in [0.2, 0.25) is 0 Å². The number of hydrogen-bond donors (Lipinski definition) is 1. The molecule has 0 atom stereocenters. The van der Waals surface area contributed by atoms with Gasteiger partial charge in [-0.2, -0.15) is 5.26 Å². The number of halogens is 5. The number of fused-ring (bicyclic) bond motifs is 1. The molecule has 0 unspecified atom stereocenters. The summed E-state index contributed by atoms with van der Waals surface area (Å²) in [6, 6.07) is 16.7. The number of rotatable bonds is 2. The van der Waals surface area contributed by atoms with E-state index in [1.807, 2.05) is 37.3 Å². The van der Waals surface area contributed by atoms with Gasteiger partial charge in [0.15, 0.2) is 5.78 Å². The van der Waals surface area contributed by atoms with Crippen LogP contribution >= 0.6 is 60.4 Å². The molecule has 0 bridgehead atoms. The zero-order valence-corrected chi connectivity index (χ0v) is 24.2. The molecule has 0 amide bonds. The minimum absolute atomic E-state index is 0.0121. The van der Waals surface area contributed by atoms with E-state index < -0.39 is 0 Å². The SMILES string of the molecule is CC(=O)c1ccccc1N.Cc1nc(CCl)nc2ccccc12.I[I-]I.N#CCCl. The summed E-state index contributed by atoms with van der Waals surface area (Å²) in [7, 11) is 0. The summed E-state index contributed by atoms with van der Waals surface area (Å²) in [5.74, 6) is 1.17. The van der Waals surface area contributed by atoms with Crippen LogP contribution in [0.4, 0.5) is 5.69 Å². The largest absolute Gasteiger partial charge is 0.197 e. The van der Waals surface area contributed by atoms with E-state index in [2.05, 4.69) is 47.2 Å². The third-order valence-corrected chi connectivity index (χ3v) is 3.72. The summed E-state index contributed by atoms with van der Waals surface area (Å²) in [6.07, 6.45) is 0. The van der Waals surface area contributed by atoms with Crippen molar-refractivity contribution in [1.82, 2.24) is 9.97 Å². The van der Waals surface area contributed by atoms with Crippen molar-refractivity contribution in [2.45, 2.75) is 19.7 Å². The zero-order valence-electron chi connectivity index (χ0n) is 16.3. The average molecular weight is 784 g/mol. The fourth-order valence-electron chi connectivity index (χ4n) is 2.17. The number of carbonyl (C=O) groups excluding carboxylic acids is 1. The number of nitrogen functional groups attached to an aromatic ring is 1. The number of nitrogens with zero attached hydrogens (tertiary/aromatic N) is 3. The molecule has 2 N–H and O–H groups in total. The molecule has 0 fully saturated rings. The summed E-state index contributed by atoms with van der Waals surface area (Å²) in [6.45, 7) is 3.48. The number of ketones is 1. The fraction of sp³-hybridized carbons (Fsp3) is 0.200. The maximum Gasteiger partial charge on any atom is 0.109 e. The van der Waals surface area contributed by atoms with Crippen molar-refractivity contribution in [3.8, 4) is 6.07 Å². The Morgan fingerprint density at radius 2 is 1.67 bits per heavy atom. The molecular formula is C20H20Cl2I3N4O-. The first kappa shape index (κ1) is 29.5. The Kier molecular flexibility index (Phi) is 17.8. The summed E-state index contributed by atoms with van der Waals surface area (Å²) < 4.78 is 0. The number of carbonyl (C=O) groups is 1. The van der Waals surface area contributed by atoms with Crippen LogP contribution in [0.3, 0.4) is 0 Å². The van der Waals surface area contributed by atoms with Gasteiger partial charge in [-0.25, -0.2) is 9.97 Å². The van der Waals surface area contributed by atoms with Crippen molar-refractivity contribution in [3.05, 3.63) is 65.6 Å². The van der Waals surface area contributed by atoms with Crippen molar-refractivity contribution in [2.75, 3.05) is 11.6 Å². The van der Waals surface area contributed by atoms with Crippen LogP contribution in [0, 0.1) is 18.3 Å². The van der Waals surface area contributed by atoms with Gasteiger partial charge in [0.1, 0.15) is 11.7 Å². The van der Waals surface area contributed by atoms with E-state index in [1.165, 1.54) is 6.92 Å². The van der Waals surface area contributed by atoms with Gasteiger partial charge in [-0.15, -0.1) is 23.2 Å². The van der Waals surface area contributed by atoms with Crippen LogP contribution < -0.4 is 19.0 Å². The molecule has 162 valence electrons. The first-order valence-corrected chi connectivity index (χ1v) is 21.9. The van der Waals surface area contributed by atoms with E-state index in [0.717, 1.165) is 16.6 Å². The third kappa shape index (κ3) is 11.8. The number of benzene rings is 2. The second-order valence-electron chi connectivity index (χ2n) is 5.37. The van der Waals surface area contributed by atoms with E-state index in [4.69, 9.17) is 34.2 Å². The Morgan fingerprint density at radius 1 is 1.13 bits per heavy atom. The monoisotopic (exact) mass is 783 g/mol. The molecule has 0 saturated carbocycles. The number of nitrogens with two attached hydrogens (primary N) is 1. The van der Waals surface area contributed by atoms with Gasteiger partial charge in [0, 0.05) is 22.3 Å². The minimum atomic E-state index is 0.0121. The van der Waals surface area contributed by atoms with Crippen LogP contribution in [-0.2, 0) is 5.88 Å². The Balaban J connectivity index is 0.000000439. The normalized spacial score (nSPS) is 9.10. The van der Waals surface area contributed by atoms with E-state index in [-0.39, 0.29) is 11.7 Å². The van der Waals surface area contributed by atoms with Crippen molar-refractivity contribution >= 4 is 82.8 Å². The van der Waals surface area contributed by atoms with Crippen molar-refractivity contribution < 1.29 is 18.0 Å². The molecule has 0 aliphatic rings. The van der Waals surface area contributed by atoms with Crippen molar-refractivity contribution in [3.63, 3.8) is 0 Å². The van der Waals surface area contributed by atoms with E-state index in [0.29, 0.717) is 36.2 Å². The van der Waals surface area contributed by atoms with Crippen LogP contribution in [0.1, 0.15) is 28.8 Å². The standard InChI is InChI=1S/C10H9ClN2.C8H9NO.C2H2ClN.I3/c1-7-8-4-2-3-5-9(8)13-10(6-11)12-7;1-6(10)7-4-2-3-5-8(7)9;3-1-2-4;1-3-2/h2-5H,6H2,1H3;2-5H,9H2,1H3;1H2;/q;;;-1. The molecule has 1 aromatic heterocycles. The summed E-state index contributed by atoms with van der Waals surface area (Å²) in [5.41, 5.74) is 8.60. The molecule has 10 heteroatoms. The van der Waals surface area contributed by atoms with Crippen LogP contribution in [0.5, 0.6) is 0 Å². The maximum atomic E-state index is 10.8. The molecule has 0 aliphatic carbocycles. The molecule has 0 aliphatic heterocycles. The summed E-state index contributed by atoms with van der Waals surface area (Å²) in [4.78, 5) is 19.4. The second kappa shape index (κ2) is 18.1. The van der Waals surface area contributed by atoms with Crippen LogP contribution in [-0.4, -0.2) is 21.6 Å². The predicted molar refractivity (Wildman–Crippen MR) is 139 cm³/mol. The fourth-order valence-corrected chi connectivity index (χ4v) is 2.29. The number of Topliss-reactive ketones (excluding diaryl/α,β-unsaturated/α-hetero) is 1. The molecule has 30 heavy (non-hydrogen) atoms. The minimum Gasteiger partial charge on any atom is -0.197 e. The first-order valence-electron chi connectivity index (χ1n) is 8.29. The van der Waals surface area contributed by atoms with Crippen LogP contribution in [0.2, 0.25) is 0 Å². The Labute approximate surface area is 216 Å². The summed E-state index contributed by atoms with van der Waals surface area (Å²) in [5, 5.41) is 8.59. The molecule has 2 aromatic carbocycles. The van der Waals surface area contributed by atoms with Gasteiger partial charge in [-0.1, -0.05) is 30.3 Å². The van der Waals surface area contributed by atoms with Gasteiger partial charge >= 0.3 is 50.5 Å². The number of aromatic nitrogens is 2. The number of anilines is 1. The molecule has 3 rings (SSSR count). The smallest absolute Gasteiger partial charge is 0.109 e. The molecule has 0 radical (unpaired) electrons. The van der Waals surface area contributed by atoms with E-state index in [1.54, 1.807) is 24.3 Å².